The summed E-state index contributed by atoms with van der Waals surface area (Å²) in [5.41, 5.74) is 0.594. The quantitative estimate of drug-likeness (QED) is 0.309. The van der Waals surface area contributed by atoms with E-state index < -0.39 is 29.9 Å². The van der Waals surface area contributed by atoms with E-state index in [0.717, 1.165) is 32.0 Å². The molecule has 0 radical (unpaired) electrons. The highest BCUT2D eigenvalue weighted by Gasteiger charge is 2.29. The summed E-state index contributed by atoms with van der Waals surface area (Å²) in [5.74, 6) is -0.856. The van der Waals surface area contributed by atoms with Gasteiger partial charge in [0.1, 0.15) is 18.4 Å². The van der Waals surface area contributed by atoms with Crippen LogP contribution >= 0.6 is 0 Å². The van der Waals surface area contributed by atoms with Crippen molar-refractivity contribution in [2.75, 3.05) is 20.3 Å². The van der Waals surface area contributed by atoms with Crippen molar-refractivity contribution in [1.82, 2.24) is 16.0 Å². The number of carbonyl (C=O) groups is 4. The van der Waals surface area contributed by atoms with Gasteiger partial charge in [-0.2, -0.15) is 0 Å². The number of aromatic hydroxyl groups is 1. The smallest absolute Gasteiger partial charge is 0.243 e. The summed E-state index contributed by atoms with van der Waals surface area (Å²) < 4.78 is 10.4. The Hall–Kier alpha value is -3.14. The van der Waals surface area contributed by atoms with Gasteiger partial charge in [0.05, 0.1) is 13.2 Å². The molecule has 1 saturated carbocycles. The Balaban J connectivity index is 1.68. The van der Waals surface area contributed by atoms with Crippen LogP contribution < -0.4 is 20.7 Å². The predicted molar refractivity (Wildman–Crippen MR) is 136 cm³/mol. The molecule has 3 atom stereocenters. The molecule has 2 fully saturated rings. The minimum atomic E-state index is -1.02. The minimum absolute atomic E-state index is 0.0742. The van der Waals surface area contributed by atoms with Gasteiger partial charge in [-0.15, -0.1) is 0 Å². The van der Waals surface area contributed by atoms with E-state index in [1.165, 1.54) is 13.2 Å². The van der Waals surface area contributed by atoms with Crippen LogP contribution in [-0.4, -0.2) is 67.6 Å². The Kier molecular flexibility index (Phi) is 10.7. The maximum atomic E-state index is 13.3. The van der Waals surface area contributed by atoms with E-state index in [1.54, 1.807) is 19.1 Å². The standard InChI is InChI=1S/C27H39N3O7/c1-17(28-26(34)20-9-11-37-12-10-20)25(33)30-22(14-19-7-8-24(36-2)23(32)15-19)27(35)29-21(16-31)13-18-5-3-4-6-18/h7-8,15-18,20-22,32H,3-6,9-14H2,1-2H3,(H,28,34)(H,29,35)(H,30,33)/t17?,21-,22-/m0/s1. The zero-order chi connectivity index (χ0) is 26.8. The van der Waals surface area contributed by atoms with Gasteiger partial charge < -0.3 is 35.3 Å². The number of ether oxygens (including phenoxy) is 2. The van der Waals surface area contributed by atoms with E-state index in [1.807, 2.05) is 0 Å². The third-order valence-corrected chi connectivity index (χ3v) is 7.21. The lowest BCUT2D eigenvalue weighted by atomic mass is 9.98. The van der Waals surface area contributed by atoms with Crippen LogP contribution in [0.2, 0.25) is 0 Å². The van der Waals surface area contributed by atoms with Crippen LogP contribution in [0.4, 0.5) is 0 Å². The molecule has 37 heavy (non-hydrogen) atoms. The number of benzene rings is 1. The molecule has 1 aliphatic heterocycles. The van der Waals surface area contributed by atoms with Crippen LogP contribution in [0.5, 0.6) is 11.5 Å². The van der Waals surface area contributed by atoms with Gasteiger partial charge >= 0.3 is 0 Å². The van der Waals surface area contributed by atoms with Crippen molar-refractivity contribution in [3.05, 3.63) is 23.8 Å². The van der Waals surface area contributed by atoms with Crippen LogP contribution in [0.3, 0.4) is 0 Å². The Morgan fingerprint density at radius 3 is 2.41 bits per heavy atom. The second-order valence-corrected chi connectivity index (χ2v) is 10.0. The Labute approximate surface area is 217 Å². The number of methoxy groups -OCH3 is 1. The second-order valence-electron chi connectivity index (χ2n) is 10.0. The molecule has 4 N–H and O–H groups in total. The first-order chi connectivity index (χ1) is 17.8. The van der Waals surface area contributed by atoms with E-state index in [4.69, 9.17) is 9.47 Å². The minimum Gasteiger partial charge on any atom is -0.504 e. The second kappa shape index (κ2) is 14.0. The van der Waals surface area contributed by atoms with Crippen molar-refractivity contribution in [3.63, 3.8) is 0 Å². The van der Waals surface area contributed by atoms with E-state index in [2.05, 4.69) is 16.0 Å². The van der Waals surface area contributed by atoms with Gasteiger partial charge in [-0.05, 0) is 49.8 Å². The molecular formula is C27H39N3O7. The molecule has 3 rings (SSSR count). The Bertz CT molecular complexity index is 942. The lowest BCUT2D eigenvalue weighted by Gasteiger charge is -2.25. The molecule has 10 heteroatoms. The molecule has 10 nitrogen and oxygen atoms in total. The van der Waals surface area contributed by atoms with Crippen LogP contribution in [0, 0.1) is 11.8 Å². The molecule has 0 bridgehead atoms. The normalized spacial score (nSPS) is 18.9. The van der Waals surface area contributed by atoms with Crippen LogP contribution in [0.25, 0.3) is 0 Å². The summed E-state index contributed by atoms with van der Waals surface area (Å²) in [5, 5.41) is 18.4. The summed E-state index contributed by atoms with van der Waals surface area (Å²) in [6, 6.07) is 2.20. The molecule has 1 saturated heterocycles. The van der Waals surface area contributed by atoms with Crippen molar-refractivity contribution >= 4 is 24.0 Å². The van der Waals surface area contributed by atoms with E-state index >= 15 is 0 Å². The van der Waals surface area contributed by atoms with Gasteiger partial charge in [0.2, 0.25) is 17.7 Å². The summed E-state index contributed by atoms with van der Waals surface area (Å²) in [6.45, 7) is 2.58. The van der Waals surface area contributed by atoms with Crippen LogP contribution in [-0.2, 0) is 30.3 Å². The van der Waals surface area contributed by atoms with Crippen molar-refractivity contribution < 1.29 is 33.8 Å². The molecular weight excluding hydrogens is 478 g/mol. The number of carbonyl (C=O) groups excluding carboxylic acids is 4. The zero-order valence-electron chi connectivity index (χ0n) is 21.7. The first-order valence-electron chi connectivity index (χ1n) is 13.1. The van der Waals surface area contributed by atoms with Gasteiger partial charge in [-0.25, -0.2) is 0 Å². The van der Waals surface area contributed by atoms with E-state index in [9.17, 15) is 24.3 Å². The van der Waals surface area contributed by atoms with Gasteiger partial charge in [0.15, 0.2) is 11.5 Å². The molecule has 3 amide bonds. The number of rotatable bonds is 12. The van der Waals surface area contributed by atoms with E-state index in [0.29, 0.717) is 44.0 Å². The van der Waals surface area contributed by atoms with Crippen molar-refractivity contribution in [2.45, 2.75) is 76.4 Å². The average Bonchev–Trinajstić information content (AvgIpc) is 3.41. The fourth-order valence-corrected chi connectivity index (χ4v) is 5.00. The van der Waals surface area contributed by atoms with Crippen molar-refractivity contribution in [3.8, 4) is 11.5 Å². The third-order valence-electron chi connectivity index (χ3n) is 7.21. The summed E-state index contributed by atoms with van der Waals surface area (Å²) in [4.78, 5) is 50.5. The number of aldehydes is 1. The fraction of sp³-hybridized carbons (Fsp3) is 0.630. The number of nitrogens with one attached hydrogen (secondary N) is 3. The van der Waals surface area contributed by atoms with Crippen molar-refractivity contribution in [2.24, 2.45) is 11.8 Å². The molecule has 1 heterocycles. The topological polar surface area (TPSA) is 143 Å². The van der Waals surface area contributed by atoms with Gasteiger partial charge in [-0.1, -0.05) is 31.7 Å². The molecule has 1 aromatic carbocycles. The number of phenols is 1. The summed E-state index contributed by atoms with van der Waals surface area (Å²) >= 11 is 0. The first-order valence-corrected chi connectivity index (χ1v) is 13.1. The van der Waals surface area contributed by atoms with Crippen molar-refractivity contribution in [1.29, 1.82) is 0 Å². The molecule has 204 valence electrons. The monoisotopic (exact) mass is 517 g/mol. The lowest BCUT2D eigenvalue weighted by Crippen LogP contribution is -2.55. The highest BCUT2D eigenvalue weighted by atomic mass is 16.5. The third kappa shape index (κ3) is 8.45. The molecule has 2 aliphatic rings. The Morgan fingerprint density at radius 2 is 1.78 bits per heavy atom. The SMILES string of the molecule is COc1ccc(C[C@H](NC(=O)C(C)NC(=O)C2CCOCC2)C(=O)N[C@H](C=O)CC2CCCC2)cc1O. The fourth-order valence-electron chi connectivity index (χ4n) is 5.00. The lowest BCUT2D eigenvalue weighted by molar-refractivity contribution is -0.134. The number of hydrogen-bond donors (Lipinski definition) is 4. The largest absolute Gasteiger partial charge is 0.504 e. The van der Waals surface area contributed by atoms with Gasteiger partial charge in [0.25, 0.3) is 0 Å². The average molecular weight is 518 g/mol. The molecule has 0 spiro atoms. The van der Waals surface area contributed by atoms with Crippen LogP contribution in [0.1, 0.15) is 57.4 Å². The maximum absolute atomic E-state index is 13.3. The van der Waals surface area contributed by atoms with Gasteiger partial charge in [0, 0.05) is 25.6 Å². The first kappa shape index (κ1) is 28.4. The Morgan fingerprint density at radius 1 is 1.08 bits per heavy atom. The summed E-state index contributed by atoms with van der Waals surface area (Å²) in [6.07, 6.45) is 6.90. The van der Waals surface area contributed by atoms with Gasteiger partial charge in [-0.3, -0.25) is 14.4 Å². The molecule has 0 aromatic heterocycles. The zero-order valence-corrected chi connectivity index (χ0v) is 21.7. The molecule has 1 aromatic rings. The predicted octanol–water partition coefficient (Wildman–Crippen LogP) is 1.62. The molecule has 1 aliphatic carbocycles. The maximum Gasteiger partial charge on any atom is 0.243 e. The van der Waals surface area contributed by atoms with E-state index in [-0.39, 0.29) is 29.7 Å². The highest BCUT2D eigenvalue weighted by Crippen LogP contribution is 2.29. The number of phenolic OH excluding ortho intramolecular Hbond substituents is 1. The molecule has 1 unspecified atom stereocenters. The summed E-state index contributed by atoms with van der Waals surface area (Å²) in [7, 11) is 1.44. The van der Waals surface area contributed by atoms with Crippen LogP contribution in [0.15, 0.2) is 18.2 Å². The highest BCUT2D eigenvalue weighted by molar-refractivity contribution is 5.93. The number of hydrogen-bond acceptors (Lipinski definition) is 7. The number of amides is 3.